The number of pyridine rings is 1. The number of piperidine rings is 1. The van der Waals surface area contributed by atoms with Gasteiger partial charge in [-0.05, 0) is 25.0 Å². The van der Waals surface area contributed by atoms with Crippen LogP contribution in [0.25, 0.3) is 0 Å². The number of nitrogen functional groups attached to an aromatic ring is 1. The average Bonchev–Trinajstić information content (AvgIpc) is 2.33. The summed E-state index contributed by atoms with van der Waals surface area (Å²) in [6.45, 7) is 3.93. The number of nitrogens with zero attached hydrogens (tertiary/aromatic N) is 2. The molecule has 0 amide bonds. The Balaban J connectivity index is 2.04. The third-order valence-electron chi connectivity index (χ3n) is 3.45. The van der Waals surface area contributed by atoms with Gasteiger partial charge in [-0.25, -0.2) is 4.98 Å². The molecule has 1 saturated heterocycles. The lowest BCUT2D eigenvalue weighted by Gasteiger charge is -2.36. The molecule has 1 aliphatic rings. The van der Waals surface area contributed by atoms with Gasteiger partial charge >= 0.3 is 0 Å². The molecular formula is C13H21N3O. The number of hydrogen-bond acceptors (Lipinski definition) is 4. The first kappa shape index (κ1) is 12.2. The van der Waals surface area contributed by atoms with Crippen molar-refractivity contribution in [3.63, 3.8) is 0 Å². The van der Waals surface area contributed by atoms with E-state index in [1.54, 1.807) is 6.20 Å². The summed E-state index contributed by atoms with van der Waals surface area (Å²) < 4.78 is 0. The fourth-order valence-electron chi connectivity index (χ4n) is 2.47. The second kappa shape index (κ2) is 5.36. The summed E-state index contributed by atoms with van der Waals surface area (Å²) in [5.41, 5.74) is 6.32. The van der Waals surface area contributed by atoms with E-state index in [2.05, 4.69) is 16.8 Å². The van der Waals surface area contributed by atoms with Crippen LogP contribution in [0.1, 0.15) is 26.2 Å². The quantitative estimate of drug-likeness (QED) is 0.836. The number of anilines is 2. The first-order chi connectivity index (χ1) is 8.20. The molecule has 2 atom stereocenters. The van der Waals surface area contributed by atoms with E-state index >= 15 is 0 Å². The molecule has 1 aliphatic heterocycles. The highest BCUT2D eigenvalue weighted by atomic mass is 16.3. The predicted molar refractivity (Wildman–Crippen MR) is 69.9 cm³/mol. The molecule has 2 heterocycles. The van der Waals surface area contributed by atoms with Crippen molar-refractivity contribution in [3.8, 4) is 0 Å². The molecule has 94 valence electrons. The first-order valence-corrected chi connectivity index (χ1v) is 6.35. The van der Waals surface area contributed by atoms with Crippen LogP contribution in [0.15, 0.2) is 18.3 Å². The van der Waals surface area contributed by atoms with E-state index in [1.807, 2.05) is 12.1 Å². The molecule has 4 nitrogen and oxygen atoms in total. The molecule has 1 aromatic rings. The Hall–Kier alpha value is -1.29. The zero-order chi connectivity index (χ0) is 12.3. The Morgan fingerprint density at radius 3 is 3.00 bits per heavy atom. The highest BCUT2D eigenvalue weighted by Gasteiger charge is 2.27. The number of aromatic nitrogens is 1. The summed E-state index contributed by atoms with van der Waals surface area (Å²) in [6.07, 6.45) is 4.56. The fraction of sp³-hybridized carbons (Fsp3) is 0.615. The standard InChI is InChI=1S/C13H21N3O/c1-2-3-10-9-16(7-6-12(10)17)13-5-4-11(14)8-15-13/h4-5,8,10,12,17H,2-3,6-7,9,14H2,1H3/t10-,12-/m0/s1. The van der Waals surface area contributed by atoms with Gasteiger partial charge in [0.25, 0.3) is 0 Å². The van der Waals surface area contributed by atoms with Crippen molar-refractivity contribution in [2.75, 3.05) is 23.7 Å². The predicted octanol–water partition coefficient (Wildman–Crippen LogP) is 1.65. The number of rotatable bonds is 3. The summed E-state index contributed by atoms with van der Waals surface area (Å²) in [4.78, 5) is 6.58. The summed E-state index contributed by atoms with van der Waals surface area (Å²) in [5, 5.41) is 9.94. The molecule has 0 aliphatic carbocycles. The molecular weight excluding hydrogens is 214 g/mol. The van der Waals surface area contributed by atoms with Gasteiger partial charge in [-0.1, -0.05) is 13.3 Å². The third-order valence-corrected chi connectivity index (χ3v) is 3.45. The first-order valence-electron chi connectivity index (χ1n) is 6.35. The Morgan fingerprint density at radius 1 is 1.53 bits per heavy atom. The topological polar surface area (TPSA) is 62.4 Å². The van der Waals surface area contributed by atoms with Crippen LogP contribution in [0, 0.1) is 5.92 Å². The molecule has 0 unspecified atom stereocenters. The van der Waals surface area contributed by atoms with Crippen LogP contribution >= 0.6 is 0 Å². The van der Waals surface area contributed by atoms with Crippen molar-refractivity contribution in [3.05, 3.63) is 18.3 Å². The molecule has 0 saturated carbocycles. The fourth-order valence-corrected chi connectivity index (χ4v) is 2.47. The number of hydrogen-bond donors (Lipinski definition) is 2. The Bertz CT molecular complexity index is 352. The van der Waals surface area contributed by atoms with E-state index < -0.39 is 0 Å². The molecule has 0 aromatic carbocycles. The maximum absolute atomic E-state index is 9.94. The van der Waals surface area contributed by atoms with Gasteiger partial charge in [0, 0.05) is 19.0 Å². The van der Waals surface area contributed by atoms with E-state index in [0.29, 0.717) is 11.6 Å². The summed E-state index contributed by atoms with van der Waals surface area (Å²) in [6, 6.07) is 3.83. The van der Waals surface area contributed by atoms with E-state index in [-0.39, 0.29) is 6.10 Å². The van der Waals surface area contributed by atoms with Gasteiger partial charge in [0.05, 0.1) is 18.0 Å². The highest BCUT2D eigenvalue weighted by Crippen LogP contribution is 2.25. The zero-order valence-corrected chi connectivity index (χ0v) is 10.3. The largest absolute Gasteiger partial charge is 0.397 e. The second-order valence-corrected chi connectivity index (χ2v) is 4.80. The number of aliphatic hydroxyl groups is 1. The van der Waals surface area contributed by atoms with E-state index in [9.17, 15) is 5.11 Å². The van der Waals surface area contributed by atoms with Crippen LogP contribution in [0.2, 0.25) is 0 Å². The van der Waals surface area contributed by atoms with Gasteiger partial charge in [-0.2, -0.15) is 0 Å². The van der Waals surface area contributed by atoms with Gasteiger partial charge in [0.15, 0.2) is 0 Å². The van der Waals surface area contributed by atoms with E-state index in [0.717, 1.165) is 38.2 Å². The molecule has 1 aromatic heterocycles. The molecule has 0 spiro atoms. The van der Waals surface area contributed by atoms with Crippen LogP contribution in [0.4, 0.5) is 11.5 Å². The van der Waals surface area contributed by atoms with Gasteiger partial charge in [0.1, 0.15) is 5.82 Å². The van der Waals surface area contributed by atoms with Crippen LogP contribution < -0.4 is 10.6 Å². The van der Waals surface area contributed by atoms with Crippen molar-refractivity contribution in [2.45, 2.75) is 32.3 Å². The lowest BCUT2D eigenvalue weighted by Crippen LogP contribution is -2.43. The Morgan fingerprint density at radius 2 is 2.35 bits per heavy atom. The Kier molecular flexibility index (Phi) is 3.84. The minimum Gasteiger partial charge on any atom is -0.397 e. The van der Waals surface area contributed by atoms with E-state index in [4.69, 9.17) is 5.73 Å². The van der Waals surface area contributed by atoms with Crippen molar-refractivity contribution in [1.82, 2.24) is 4.98 Å². The minimum absolute atomic E-state index is 0.153. The smallest absolute Gasteiger partial charge is 0.128 e. The third kappa shape index (κ3) is 2.88. The molecule has 0 bridgehead atoms. The molecule has 2 rings (SSSR count). The summed E-state index contributed by atoms with van der Waals surface area (Å²) in [7, 11) is 0. The highest BCUT2D eigenvalue weighted by molar-refractivity contribution is 5.46. The zero-order valence-electron chi connectivity index (χ0n) is 10.3. The normalized spacial score (nSPS) is 24.9. The summed E-state index contributed by atoms with van der Waals surface area (Å²) in [5.74, 6) is 1.33. The minimum atomic E-state index is -0.153. The molecule has 0 radical (unpaired) electrons. The molecule has 17 heavy (non-hydrogen) atoms. The number of nitrogens with two attached hydrogens (primary N) is 1. The van der Waals surface area contributed by atoms with Gasteiger partial charge in [-0.3, -0.25) is 0 Å². The van der Waals surface area contributed by atoms with Crippen molar-refractivity contribution in [1.29, 1.82) is 0 Å². The Labute approximate surface area is 102 Å². The van der Waals surface area contributed by atoms with Crippen LogP contribution in [-0.2, 0) is 0 Å². The van der Waals surface area contributed by atoms with Gasteiger partial charge in [0.2, 0.25) is 0 Å². The van der Waals surface area contributed by atoms with Crippen molar-refractivity contribution in [2.24, 2.45) is 5.92 Å². The summed E-state index contributed by atoms with van der Waals surface area (Å²) >= 11 is 0. The monoisotopic (exact) mass is 235 g/mol. The van der Waals surface area contributed by atoms with Crippen molar-refractivity contribution >= 4 is 11.5 Å². The maximum atomic E-state index is 9.94. The lowest BCUT2D eigenvalue weighted by molar-refractivity contribution is 0.0828. The van der Waals surface area contributed by atoms with Gasteiger partial charge < -0.3 is 15.7 Å². The van der Waals surface area contributed by atoms with Crippen LogP contribution in [0.5, 0.6) is 0 Å². The molecule has 4 heteroatoms. The second-order valence-electron chi connectivity index (χ2n) is 4.80. The van der Waals surface area contributed by atoms with E-state index in [1.165, 1.54) is 0 Å². The van der Waals surface area contributed by atoms with Crippen molar-refractivity contribution < 1.29 is 5.11 Å². The average molecular weight is 235 g/mol. The molecule has 1 fully saturated rings. The van der Waals surface area contributed by atoms with Crippen LogP contribution in [0.3, 0.4) is 0 Å². The molecule has 3 N–H and O–H groups in total. The lowest BCUT2D eigenvalue weighted by atomic mass is 9.91. The maximum Gasteiger partial charge on any atom is 0.128 e. The van der Waals surface area contributed by atoms with Crippen LogP contribution in [-0.4, -0.2) is 29.3 Å². The van der Waals surface area contributed by atoms with Gasteiger partial charge in [-0.15, -0.1) is 0 Å². The number of aliphatic hydroxyl groups excluding tert-OH is 1. The SMILES string of the molecule is CCC[C@H]1CN(c2ccc(N)cn2)CC[C@@H]1O.